The molecular formula is C24H17Cl3N2O4S. The van der Waals surface area contributed by atoms with Crippen LogP contribution in [0.5, 0.6) is 0 Å². The van der Waals surface area contributed by atoms with E-state index in [4.69, 9.17) is 34.8 Å². The summed E-state index contributed by atoms with van der Waals surface area (Å²) in [6.45, 7) is 3.81. The van der Waals surface area contributed by atoms with Crippen LogP contribution >= 0.6 is 46.6 Å². The molecule has 0 saturated carbocycles. The van der Waals surface area contributed by atoms with Crippen molar-refractivity contribution in [2.45, 2.75) is 20.4 Å². The topological polar surface area (TPSA) is 79.6 Å². The largest absolute Gasteiger partial charge is 0.478 e. The Morgan fingerprint density at radius 1 is 1.00 bits per heavy atom. The number of hydrogen-bond donors (Lipinski definition) is 1. The lowest BCUT2D eigenvalue weighted by molar-refractivity contribution is -0.123. The number of aromatic carboxylic acids is 1. The monoisotopic (exact) mass is 534 g/mol. The van der Waals surface area contributed by atoms with Crippen LogP contribution in [0, 0.1) is 13.8 Å². The fourth-order valence-electron chi connectivity index (χ4n) is 3.75. The number of imide groups is 1. The fraction of sp³-hybridized carbons (Fsp3) is 0.125. The number of aryl methyl sites for hydroxylation is 1. The van der Waals surface area contributed by atoms with Crippen molar-refractivity contribution in [2.24, 2.45) is 0 Å². The van der Waals surface area contributed by atoms with Crippen LogP contribution in [-0.4, -0.2) is 31.7 Å². The maximum atomic E-state index is 13.0. The number of halogens is 3. The van der Waals surface area contributed by atoms with Crippen molar-refractivity contribution in [2.75, 3.05) is 0 Å². The lowest BCUT2D eigenvalue weighted by Gasteiger charge is -2.13. The van der Waals surface area contributed by atoms with Gasteiger partial charge in [0, 0.05) is 17.1 Å². The molecule has 3 aromatic rings. The van der Waals surface area contributed by atoms with Gasteiger partial charge in [0.2, 0.25) is 0 Å². The molecule has 10 heteroatoms. The molecule has 174 valence electrons. The molecule has 2 amide bonds. The second kappa shape index (κ2) is 9.50. The van der Waals surface area contributed by atoms with Crippen LogP contribution in [0.4, 0.5) is 4.79 Å². The first-order valence-corrected chi connectivity index (χ1v) is 11.9. The van der Waals surface area contributed by atoms with Crippen LogP contribution in [0.1, 0.15) is 32.9 Å². The van der Waals surface area contributed by atoms with Crippen molar-refractivity contribution in [3.63, 3.8) is 0 Å². The first kappa shape index (κ1) is 24.4. The predicted octanol–water partition coefficient (Wildman–Crippen LogP) is 6.99. The number of benzene rings is 2. The third-order valence-corrected chi connectivity index (χ3v) is 7.37. The number of thioether (sulfide) groups is 1. The zero-order valence-electron chi connectivity index (χ0n) is 17.9. The highest BCUT2D eigenvalue weighted by molar-refractivity contribution is 8.18. The Kier molecular flexibility index (Phi) is 6.82. The molecule has 1 aliphatic rings. The average Bonchev–Trinajstić information content (AvgIpc) is 3.20. The van der Waals surface area contributed by atoms with Gasteiger partial charge < -0.3 is 9.67 Å². The van der Waals surface area contributed by atoms with Gasteiger partial charge in [-0.05, 0) is 79.2 Å². The van der Waals surface area contributed by atoms with Gasteiger partial charge in [0.05, 0.1) is 32.1 Å². The normalized spacial score (nSPS) is 15.0. The molecule has 1 fully saturated rings. The molecule has 1 aliphatic heterocycles. The summed E-state index contributed by atoms with van der Waals surface area (Å²) in [7, 11) is 0. The summed E-state index contributed by atoms with van der Waals surface area (Å²) in [5.41, 5.74) is 3.67. The predicted molar refractivity (Wildman–Crippen MR) is 135 cm³/mol. The van der Waals surface area contributed by atoms with Gasteiger partial charge in [-0.2, -0.15) is 0 Å². The number of carbonyl (C=O) groups is 3. The van der Waals surface area contributed by atoms with Crippen LogP contribution in [-0.2, 0) is 11.3 Å². The maximum Gasteiger partial charge on any atom is 0.337 e. The van der Waals surface area contributed by atoms with E-state index in [2.05, 4.69) is 0 Å². The van der Waals surface area contributed by atoms with Crippen LogP contribution in [0.25, 0.3) is 11.8 Å². The first-order chi connectivity index (χ1) is 16.1. The molecule has 0 bridgehead atoms. The molecule has 1 N–H and O–H groups in total. The Bertz CT molecular complexity index is 1400. The minimum atomic E-state index is -1.12. The number of aromatic nitrogens is 1. The number of rotatable bonds is 5. The van der Waals surface area contributed by atoms with Crippen LogP contribution < -0.4 is 0 Å². The molecular weight excluding hydrogens is 519 g/mol. The first-order valence-electron chi connectivity index (χ1n) is 9.98. The summed E-state index contributed by atoms with van der Waals surface area (Å²) >= 11 is 18.9. The molecule has 6 nitrogen and oxygen atoms in total. The number of nitrogens with zero attached hydrogens (tertiary/aromatic N) is 2. The average molecular weight is 536 g/mol. The maximum absolute atomic E-state index is 13.0. The van der Waals surface area contributed by atoms with Crippen molar-refractivity contribution in [3.8, 4) is 5.69 Å². The van der Waals surface area contributed by atoms with E-state index in [-0.39, 0.29) is 22.4 Å². The van der Waals surface area contributed by atoms with Gasteiger partial charge in [-0.25, -0.2) is 4.79 Å². The van der Waals surface area contributed by atoms with E-state index in [0.29, 0.717) is 26.2 Å². The van der Waals surface area contributed by atoms with Gasteiger partial charge in [0.25, 0.3) is 11.1 Å². The third kappa shape index (κ3) is 4.61. The van der Waals surface area contributed by atoms with E-state index >= 15 is 0 Å². The van der Waals surface area contributed by atoms with Crippen molar-refractivity contribution in [1.29, 1.82) is 0 Å². The van der Waals surface area contributed by atoms with Crippen molar-refractivity contribution in [1.82, 2.24) is 9.47 Å². The van der Waals surface area contributed by atoms with E-state index in [9.17, 15) is 19.5 Å². The second-order valence-electron chi connectivity index (χ2n) is 7.65. The van der Waals surface area contributed by atoms with Crippen molar-refractivity contribution in [3.05, 3.63) is 90.5 Å². The lowest BCUT2D eigenvalue weighted by Crippen LogP contribution is -2.27. The van der Waals surface area contributed by atoms with Gasteiger partial charge in [-0.1, -0.05) is 40.9 Å². The molecule has 2 aromatic carbocycles. The quantitative estimate of drug-likeness (QED) is 0.356. The molecule has 0 aliphatic carbocycles. The highest BCUT2D eigenvalue weighted by Crippen LogP contribution is 2.35. The zero-order valence-corrected chi connectivity index (χ0v) is 21.0. The van der Waals surface area contributed by atoms with Crippen LogP contribution in [0.3, 0.4) is 0 Å². The molecule has 4 rings (SSSR count). The molecule has 0 radical (unpaired) electrons. The molecule has 1 aromatic heterocycles. The molecule has 0 unspecified atom stereocenters. The summed E-state index contributed by atoms with van der Waals surface area (Å²) in [4.78, 5) is 38.5. The second-order valence-corrected chi connectivity index (χ2v) is 9.86. The standard InChI is InChI=1S/C24H17Cl3N2O4S/c1-12-7-15(13(2)29(12)16-4-6-18(25)17(10-16)23(31)32)9-21-22(30)28(24(33)34-21)11-14-3-5-19(26)20(27)8-14/h3-10H,11H2,1-2H3,(H,31,32)/b21-9-. The number of carboxylic acids is 1. The van der Waals surface area contributed by atoms with Gasteiger partial charge in [0.1, 0.15) is 0 Å². The van der Waals surface area contributed by atoms with E-state index in [1.165, 1.54) is 12.1 Å². The molecule has 34 heavy (non-hydrogen) atoms. The van der Waals surface area contributed by atoms with Gasteiger partial charge in [0.15, 0.2) is 0 Å². The van der Waals surface area contributed by atoms with Crippen molar-refractivity contribution < 1.29 is 19.5 Å². The van der Waals surface area contributed by atoms with E-state index in [0.717, 1.165) is 33.6 Å². The molecule has 2 heterocycles. The Hall–Kier alpha value is -2.71. The number of carbonyl (C=O) groups excluding carboxylic acids is 2. The molecule has 1 saturated heterocycles. The Morgan fingerprint density at radius 3 is 2.38 bits per heavy atom. The van der Waals surface area contributed by atoms with E-state index in [1.54, 1.807) is 30.3 Å². The lowest BCUT2D eigenvalue weighted by atomic mass is 10.2. The van der Waals surface area contributed by atoms with Crippen molar-refractivity contribution >= 4 is 69.8 Å². The molecule has 0 atom stereocenters. The number of amides is 2. The Morgan fingerprint density at radius 2 is 1.71 bits per heavy atom. The summed E-state index contributed by atoms with van der Waals surface area (Å²) in [6.07, 6.45) is 1.67. The van der Waals surface area contributed by atoms with Gasteiger partial charge in [-0.15, -0.1) is 0 Å². The smallest absolute Gasteiger partial charge is 0.337 e. The highest BCUT2D eigenvalue weighted by atomic mass is 35.5. The fourth-order valence-corrected chi connectivity index (χ4v) is 5.09. The molecule has 0 spiro atoms. The third-order valence-electron chi connectivity index (χ3n) is 5.39. The van der Waals surface area contributed by atoms with E-state index in [1.807, 2.05) is 24.5 Å². The minimum absolute atomic E-state index is 0.00311. The zero-order chi connectivity index (χ0) is 24.7. The highest BCUT2D eigenvalue weighted by Gasteiger charge is 2.35. The van der Waals surface area contributed by atoms with E-state index < -0.39 is 11.9 Å². The van der Waals surface area contributed by atoms with Crippen LogP contribution in [0.15, 0.2) is 47.4 Å². The summed E-state index contributed by atoms with van der Waals surface area (Å²) < 4.78 is 1.87. The SMILES string of the molecule is Cc1cc(/C=C2\SC(=O)N(Cc3ccc(Cl)c(Cl)c3)C2=O)c(C)n1-c1ccc(Cl)c(C(=O)O)c1. The van der Waals surface area contributed by atoms with Gasteiger partial charge in [-0.3, -0.25) is 14.5 Å². The summed E-state index contributed by atoms with van der Waals surface area (Å²) in [5.74, 6) is -1.52. The summed E-state index contributed by atoms with van der Waals surface area (Å²) in [6, 6.07) is 11.6. The number of hydrogen-bond acceptors (Lipinski definition) is 4. The van der Waals surface area contributed by atoms with Crippen LogP contribution in [0.2, 0.25) is 15.1 Å². The Balaban J connectivity index is 1.64. The minimum Gasteiger partial charge on any atom is -0.478 e. The van der Waals surface area contributed by atoms with Gasteiger partial charge >= 0.3 is 5.97 Å². The number of carboxylic acid groups (broad SMARTS) is 1. The summed E-state index contributed by atoms with van der Waals surface area (Å²) in [5, 5.41) is 9.91. The Labute approximate surface area is 214 Å².